The van der Waals surface area contributed by atoms with Crippen LogP contribution in [0.1, 0.15) is 40.7 Å². The Hall–Kier alpha value is -2.47. The molecule has 2 aromatic carbocycles. The molecule has 0 aromatic heterocycles. The van der Waals surface area contributed by atoms with Gasteiger partial charge in [-0.1, -0.05) is 29.8 Å². The first kappa shape index (κ1) is 20.3. The second kappa shape index (κ2) is 9.64. The molecule has 0 atom stereocenters. The van der Waals surface area contributed by atoms with Gasteiger partial charge in [-0.2, -0.15) is 0 Å². The Balaban J connectivity index is 1.65. The van der Waals surface area contributed by atoms with Gasteiger partial charge >= 0.3 is 0 Å². The molecule has 2 aromatic rings. The number of nitrogens with zero attached hydrogens (tertiary/aromatic N) is 1. The van der Waals surface area contributed by atoms with Crippen molar-refractivity contribution < 1.29 is 9.59 Å². The lowest BCUT2D eigenvalue weighted by Gasteiger charge is -2.30. The van der Waals surface area contributed by atoms with E-state index < -0.39 is 5.91 Å². The molecule has 1 saturated heterocycles. The van der Waals surface area contributed by atoms with Gasteiger partial charge in [0.2, 0.25) is 11.8 Å². The molecule has 28 heavy (non-hydrogen) atoms. The third kappa shape index (κ3) is 5.52. The number of carbonyl (C=O) groups excluding carboxylic acids is 2. The Morgan fingerprint density at radius 2 is 1.89 bits per heavy atom. The number of aryl methyl sites for hydroxylation is 1. The van der Waals surface area contributed by atoms with Gasteiger partial charge in [-0.05, 0) is 49.9 Å². The monoisotopic (exact) mass is 397 g/mol. The van der Waals surface area contributed by atoms with Crippen LogP contribution in [0.15, 0.2) is 42.5 Å². The quantitative estimate of drug-likeness (QED) is 0.742. The highest BCUT2D eigenvalue weighted by Crippen LogP contribution is 2.30. The number of rotatable bonds is 7. The first-order valence-corrected chi connectivity index (χ1v) is 10.8. The predicted molar refractivity (Wildman–Crippen MR) is 117 cm³/mol. The summed E-state index contributed by atoms with van der Waals surface area (Å²) in [6.07, 6.45) is 3.50. The van der Waals surface area contributed by atoms with Crippen LogP contribution in [0.2, 0.25) is 0 Å². The molecular formula is C22H27N3O2S. The SMILES string of the molecule is Cc1cccc(CSCC(=O)Nc2cc(C(N)=O)ccc2N2CCCCC2)c1. The Labute approximate surface area is 170 Å². The van der Waals surface area contributed by atoms with Crippen molar-refractivity contribution in [1.82, 2.24) is 0 Å². The Kier molecular flexibility index (Phi) is 6.98. The minimum absolute atomic E-state index is 0.0717. The summed E-state index contributed by atoms with van der Waals surface area (Å²) in [5.74, 6) is 0.580. The number of nitrogens with two attached hydrogens (primary N) is 1. The number of primary amides is 1. The zero-order chi connectivity index (χ0) is 19.9. The van der Waals surface area contributed by atoms with Crippen molar-refractivity contribution in [1.29, 1.82) is 0 Å². The van der Waals surface area contributed by atoms with Crippen LogP contribution in [0.3, 0.4) is 0 Å². The molecule has 1 heterocycles. The highest BCUT2D eigenvalue weighted by atomic mass is 32.2. The van der Waals surface area contributed by atoms with Crippen LogP contribution in [0.4, 0.5) is 11.4 Å². The van der Waals surface area contributed by atoms with E-state index in [0.29, 0.717) is 17.0 Å². The topological polar surface area (TPSA) is 75.4 Å². The number of anilines is 2. The van der Waals surface area contributed by atoms with Crippen LogP contribution < -0.4 is 16.0 Å². The van der Waals surface area contributed by atoms with Gasteiger partial charge in [0, 0.05) is 24.4 Å². The minimum Gasteiger partial charge on any atom is -0.370 e. The lowest BCUT2D eigenvalue weighted by atomic mass is 10.1. The Morgan fingerprint density at radius 1 is 1.11 bits per heavy atom. The van der Waals surface area contributed by atoms with E-state index in [0.717, 1.165) is 37.4 Å². The van der Waals surface area contributed by atoms with Crippen molar-refractivity contribution in [2.45, 2.75) is 31.9 Å². The van der Waals surface area contributed by atoms with Crippen molar-refractivity contribution in [3.63, 3.8) is 0 Å². The lowest BCUT2D eigenvalue weighted by molar-refractivity contribution is -0.113. The normalized spacial score (nSPS) is 14.0. The van der Waals surface area contributed by atoms with E-state index in [1.807, 2.05) is 12.1 Å². The first-order chi connectivity index (χ1) is 13.5. The number of hydrogen-bond acceptors (Lipinski definition) is 4. The number of nitrogens with one attached hydrogen (secondary N) is 1. The molecule has 1 fully saturated rings. The summed E-state index contributed by atoms with van der Waals surface area (Å²) in [7, 11) is 0. The van der Waals surface area contributed by atoms with Crippen molar-refractivity contribution in [2.24, 2.45) is 5.73 Å². The minimum atomic E-state index is -0.491. The number of thioether (sulfide) groups is 1. The summed E-state index contributed by atoms with van der Waals surface area (Å²) in [5.41, 5.74) is 9.89. The van der Waals surface area contributed by atoms with Crippen molar-refractivity contribution in [3.05, 3.63) is 59.2 Å². The fourth-order valence-electron chi connectivity index (χ4n) is 3.45. The molecular weight excluding hydrogens is 370 g/mol. The number of amides is 2. The van der Waals surface area contributed by atoms with E-state index in [9.17, 15) is 9.59 Å². The average Bonchev–Trinajstić information content (AvgIpc) is 2.68. The Morgan fingerprint density at radius 3 is 2.61 bits per heavy atom. The number of hydrogen-bond donors (Lipinski definition) is 2. The van der Waals surface area contributed by atoms with Crippen LogP contribution in [0.25, 0.3) is 0 Å². The second-order valence-electron chi connectivity index (χ2n) is 7.17. The molecule has 0 aliphatic carbocycles. The van der Waals surface area contributed by atoms with Crippen LogP contribution >= 0.6 is 11.8 Å². The maximum absolute atomic E-state index is 12.5. The van der Waals surface area contributed by atoms with Crippen LogP contribution in [0, 0.1) is 6.92 Å². The van der Waals surface area contributed by atoms with Crippen LogP contribution in [-0.4, -0.2) is 30.7 Å². The van der Waals surface area contributed by atoms with E-state index in [1.54, 1.807) is 23.9 Å². The van der Waals surface area contributed by atoms with E-state index >= 15 is 0 Å². The molecule has 6 heteroatoms. The molecule has 1 aliphatic heterocycles. The number of piperidine rings is 1. The molecule has 0 saturated carbocycles. The standard InChI is InChI=1S/C22H27N3O2S/c1-16-6-5-7-17(12-16)14-28-15-21(26)24-19-13-18(22(23)27)8-9-20(19)25-10-3-2-4-11-25/h5-9,12-13H,2-4,10-11,14-15H2,1H3,(H2,23,27)(H,24,26). The van der Waals surface area contributed by atoms with Crippen molar-refractivity contribution in [3.8, 4) is 0 Å². The molecule has 3 N–H and O–H groups in total. The fraction of sp³-hybridized carbons (Fsp3) is 0.364. The summed E-state index contributed by atoms with van der Waals surface area (Å²) in [6, 6.07) is 13.6. The molecule has 5 nitrogen and oxygen atoms in total. The summed E-state index contributed by atoms with van der Waals surface area (Å²) in [4.78, 5) is 26.4. The van der Waals surface area contributed by atoms with E-state index in [-0.39, 0.29) is 5.91 Å². The van der Waals surface area contributed by atoms with Crippen LogP contribution in [0.5, 0.6) is 0 Å². The van der Waals surface area contributed by atoms with Crippen molar-refractivity contribution in [2.75, 3.05) is 29.1 Å². The Bertz CT molecular complexity index is 847. The molecule has 0 spiro atoms. The second-order valence-corrected chi connectivity index (χ2v) is 8.16. The van der Waals surface area contributed by atoms with Crippen LogP contribution in [-0.2, 0) is 10.5 Å². The number of carbonyl (C=O) groups is 2. The van der Waals surface area contributed by atoms with E-state index in [4.69, 9.17) is 5.73 Å². The number of benzene rings is 2. The van der Waals surface area contributed by atoms with E-state index in [2.05, 4.69) is 35.3 Å². The van der Waals surface area contributed by atoms with Gasteiger partial charge in [0.15, 0.2) is 0 Å². The van der Waals surface area contributed by atoms with Gasteiger partial charge in [-0.25, -0.2) is 0 Å². The van der Waals surface area contributed by atoms with Gasteiger partial charge in [-0.3, -0.25) is 9.59 Å². The molecule has 0 bridgehead atoms. The molecule has 148 valence electrons. The molecule has 0 radical (unpaired) electrons. The van der Waals surface area contributed by atoms with Gasteiger partial charge in [0.1, 0.15) is 0 Å². The zero-order valence-corrected chi connectivity index (χ0v) is 17.1. The average molecular weight is 398 g/mol. The van der Waals surface area contributed by atoms with Gasteiger partial charge < -0.3 is 16.0 Å². The van der Waals surface area contributed by atoms with E-state index in [1.165, 1.54) is 17.5 Å². The molecule has 1 aliphatic rings. The van der Waals surface area contributed by atoms with Gasteiger partial charge in [0.25, 0.3) is 0 Å². The lowest BCUT2D eigenvalue weighted by Crippen LogP contribution is -2.30. The van der Waals surface area contributed by atoms with Gasteiger partial charge in [0.05, 0.1) is 17.1 Å². The summed E-state index contributed by atoms with van der Waals surface area (Å²) in [6.45, 7) is 3.98. The first-order valence-electron chi connectivity index (χ1n) is 9.65. The largest absolute Gasteiger partial charge is 0.370 e. The third-order valence-corrected chi connectivity index (χ3v) is 5.84. The fourth-order valence-corrected chi connectivity index (χ4v) is 4.22. The third-order valence-electron chi connectivity index (χ3n) is 4.84. The van der Waals surface area contributed by atoms with Crippen molar-refractivity contribution >= 4 is 35.0 Å². The predicted octanol–water partition coefficient (Wildman–Crippen LogP) is 3.96. The zero-order valence-electron chi connectivity index (χ0n) is 16.2. The van der Waals surface area contributed by atoms with Gasteiger partial charge in [-0.15, -0.1) is 11.8 Å². The molecule has 2 amide bonds. The summed E-state index contributed by atoms with van der Waals surface area (Å²) in [5, 5.41) is 2.99. The smallest absolute Gasteiger partial charge is 0.248 e. The maximum atomic E-state index is 12.5. The highest BCUT2D eigenvalue weighted by molar-refractivity contribution is 7.99. The molecule has 3 rings (SSSR count). The summed E-state index contributed by atoms with van der Waals surface area (Å²) < 4.78 is 0. The maximum Gasteiger partial charge on any atom is 0.248 e. The highest BCUT2D eigenvalue weighted by Gasteiger charge is 2.17. The molecule has 0 unspecified atom stereocenters. The summed E-state index contributed by atoms with van der Waals surface area (Å²) >= 11 is 1.58.